The van der Waals surface area contributed by atoms with Gasteiger partial charge < -0.3 is 14.2 Å². The second-order valence-electron chi connectivity index (χ2n) is 16.7. The minimum atomic E-state index is -0.757. The van der Waals surface area contributed by atoms with E-state index in [2.05, 4.69) is 20.8 Å². The van der Waals surface area contributed by atoms with Gasteiger partial charge in [-0.2, -0.15) is 0 Å². The molecule has 0 N–H and O–H groups in total. The Bertz CT molecular complexity index is 813. The minimum absolute atomic E-state index is 0.0628. The number of rotatable bonds is 45. The summed E-state index contributed by atoms with van der Waals surface area (Å²) in [6, 6.07) is 0. The monoisotopic (exact) mass is 779 g/mol. The Kier molecular flexibility index (Phi) is 43.8. The smallest absolute Gasteiger partial charge is 0.306 e. The van der Waals surface area contributed by atoms with Crippen molar-refractivity contribution in [3.05, 3.63) is 0 Å². The molecule has 0 amide bonds. The molecule has 0 aliphatic rings. The van der Waals surface area contributed by atoms with Crippen LogP contribution in [-0.2, 0) is 28.6 Å². The van der Waals surface area contributed by atoms with Gasteiger partial charge in [0.25, 0.3) is 0 Å². The van der Waals surface area contributed by atoms with Crippen LogP contribution in [0.15, 0.2) is 0 Å². The van der Waals surface area contributed by atoms with E-state index in [-0.39, 0.29) is 31.1 Å². The van der Waals surface area contributed by atoms with Crippen LogP contribution in [0, 0.1) is 0 Å². The van der Waals surface area contributed by atoms with E-state index in [9.17, 15) is 14.4 Å². The highest BCUT2D eigenvalue weighted by Gasteiger charge is 2.19. The summed E-state index contributed by atoms with van der Waals surface area (Å²) < 4.78 is 16.7. The van der Waals surface area contributed by atoms with Gasteiger partial charge in [0.2, 0.25) is 0 Å². The number of hydrogen-bond donors (Lipinski definition) is 0. The van der Waals surface area contributed by atoms with Gasteiger partial charge in [0.1, 0.15) is 13.2 Å². The predicted molar refractivity (Wildman–Crippen MR) is 233 cm³/mol. The summed E-state index contributed by atoms with van der Waals surface area (Å²) in [5, 5.41) is 0. The van der Waals surface area contributed by atoms with Crippen molar-refractivity contribution < 1.29 is 28.6 Å². The molecule has 0 saturated heterocycles. The lowest BCUT2D eigenvalue weighted by Crippen LogP contribution is -2.30. The van der Waals surface area contributed by atoms with Crippen LogP contribution in [0.3, 0.4) is 0 Å². The standard InChI is InChI=1S/C49H94O6/c1-4-7-10-13-16-18-20-21-22-23-24-25-26-27-29-30-33-36-39-42-48(51)54-45-46(44-53-47(50)41-38-35-32-15-12-9-6-3)55-49(52)43-40-37-34-31-28-19-17-14-11-8-5-2/h46H,4-45H2,1-3H3/t46-/m1/s1. The van der Waals surface area contributed by atoms with Crippen molar-refractivity contribution in [1.29, 1.82) is 0 Å². The molecule has 0 aliphatic carbocycles. The van der Waals surface area contributed by atoms with E-state index in [4.69, 9.17) is 14.2 Å². The molecule has 326 valence electrons. The summed E-state index contributed by atoms with van der Waals surface area (Å²) in [6.45, 7) is 6.62. The highest BCUT2D eigenvalue weighted by molar-refractivity contribution is 5.71. The van der Waals surface area contributed by atoms with Crippen LogP contribution in [0.5, 0.6) is 0 Å². The number of ether oxygens (including phenoxy) is 3. The third-order valence-electron chi connectivity index (χ3n) is 11.1. The van der Waals surface area contributed by atoms with Crippen LogP contribution in [0.2, 0.25) is 0 Å². The Morgan fingerprint density at radius 2 is 0.491 bits per heavy atom. The molecular formula is C49H94O6. The van der Waals surface area contributed by atoms with Gasteiger partial charge in [0.15, 0.2) is 6.10 Å². The summed E-state index contributed by atoms with van der Waals surface area (Å²) in [7, 11) is 0. The fraction of sp³-hybridized carbons (Fsp3) is 0.939. The van der Waals surface area contributed by atoms with Gasteiger partial charge in [-0.15, -0.1) is 0 Å². The Morgan fingerprint density at radius 1 is 0.291 bits per heavy atom. The Morgan fingerprint density at radius 3 is 0.727 bits per heavy atom. The second-order valence-corrected chi connectivity index (χ2v) is 16.7. The van der Waals surface area contributed by atoms with Gasteiger partial charge in [-0.05, 0) is 19.3 Å². The van der Waals surface area contributed by atoms with E-state index >= 15 is 0 Å². The molecule has 0 heterocycles. The first-order chi connectivity index (χ1) is 27.0. The molecule has 6 heteroatoms. The summed E-state index contributed by atoms with van der Waals surface area (Å²) >= 11 is 0. The van der Waals surface area contributed by atoms with E-state index in [0.29, 0.717) is 19.3 Å². The van der Waals surface area contributed by atoms with Crippen LogP contribution in [-0.4, -0.2) is 37.2 Å². The molecule has 0 fully saturated rings. The fourth-order valence-electron chi connectivity index (χ4n) is 7.38. The van der Waals surface area contributed by atoms with E-state index < -0.39 is 6.10 Å². The molecule has 0 saturated carbocycles. The van der Waals surface area contributed by atoms with Crippen molar-refractivity contribution in [2.45, 2.75) is 284 Å². The van der Waals surface area contributed by atoms with Crippen molar-refractivity contribution in [2.24, 2.45) is 0 Å². The quantitative estimate of drug-likeness (QED) is 0.0348. The lowest BCUT2D eigenvalue weighted by molar-refractivity contribution is -0.167. The average Bonchev–Trinajstić information content (AvgIpc) is 3.18. The number of carbonyl (C=O) groups is 3. The van der Waals surface area contributed by atoms with Crippen LogP contribution in [0.1, 0.15) is 278 Å². The third kappa shape index (κ3) is 43.4. The largest absolute Gasteiger partial charge is 0.462 e. The predicted octanol–water partition coefficient (Wildman–Crippen LogP) is 15.6. The van der Waals surface area contributed by atoms with Crippen LogP contribution < -0.4 is 0 Å². The third-order valence-corrected chi connectivity index (χ3v) is 11.1. The fourth-order valence-corrected chi connectivity index (χ4v) is 7.38. The van der Waals surface area contributed by atoms with Crippen LogP contribution in [0.4, 0.5) is 0 Å². The first-order valence-electron chi connectivity index (χ1n) is 24.5. The van der Waals surface area contributed by atoms with Crippen molar-refractivity contribution in [2.75, 3.05) is 13.2 Å². The van der Waals surface area contributed by atoms with Crippen molar-refractivity contribution in [1.82, 2.24) is 0 Å². The molecule has 0 aromatic rings. The number of hydrogen-bond acceptors (Lipinski definition) is 6. The van der Waals surface area contributed by atoms with E-state index in [1.807, 2.05) is 0 Å². The lowest BCUT2D eigenvalue weighted by atomic mass is 10.0. The van der Waals surface area contributed by atoms with Crippen molar-refractivity contribution in [3.8, 4) is 0 Å². The van der Waals surface area contributed by atoms with Gasteiger partial charge in [0.05, 0.1) is 0 Å². The maximum Gasteiger partial charge on any atom is 0.306 e. The highest BCUT2D eigenvalue weighted by atomic mass is 16.6. The second kappa shape index (κ2) is 45.1. The molecule has 55 heavy (non-hydrogen) atoms. The summed E-state index contributed by atoms with van der Waals surface area (Å²) in [4.78, 5) is 37.6. The average molecular weight is 779 g/mol. The van der Waals surface area contributed by atoms with Crippen LogP contribution >= 0.6 is 0 Å². The summed E-state index contributed by atoms with van der Waals surface area (Å²) in [5.74, 6) is -0.855. The SMILES string of the molecule is CCCCCCCCCCCCCCCCCCCCCC(=O)OC[C@@H](COC(=O)CCCCCCCCC)OC(=O)CCCCCCCCCCCCC. The molecule has 6 nitrogen and oxygen atoms in total. The molecule has 0 spiro atoms. The zero-order valence-electron chi connectivity index (χ0n) is 37.2. The lowest BCUT2D eigenvalue weighted by Gasteiger charge is -2.18. The maximum absolute atomic E-state index is 12.7. The Balaban J connectivity index is 4.15. The van der Waals surface area contributed by atoms with Crippen molar-refractivity contribution in [3.63, 3.8) is 0 Å². The topological polar surface area (TPSA) is 78.9 Å². The van der Waals surface area contributed by atoms with Gasteiger partial charge in [-0.3, -0.25) is 14.4 Å². The zero-order chi connectivity index (χ0) is 40.1. The van der Waals surface area contributed by atoms with E-state index in [1.54, 1.807) is 0 Å². The molecule has 0 unspecified atom stereocenters. The first-order valence-corrected chi connectivity index (χ1v) is 24.5. The number of unbranched alkanes of at least 4 members (excludes halogenated alkanes) is 34. The first kappa shape index (κ1) is 53.4. The van der Waals surface area contributed by atoms with Crippen molar-refractivity contribution >= 4 is 17.9 Å². The Labute approximate surface area is 342 Å². The van der Waals surface area contributed by atoms with Gasteiger partial charge in [-0.25, -0.2) is 0 Å². The Hall–Kier alpha value is -1.59. The van der Waals surface area contributed by atoms with Gasteiger partial charge >= 0.3 is 17.9 Å². The molecular weight excluding hydrogens is 685 g/mol. The molecule has 1 atom stereocenters. The van der Waals surface area contributed by atoms with E-state index in [0.717, 1.165) is 57.8 Å². The zero-order valence-corrected chi connectivity index (χ0v) is 37.2. The summed E-state index contributed by atoms with van der Waals surface area (Å²) in [6.07, 6.45) is 46.7. The van der Waals surface area contributed by atoms with Gasteiger partial charge in [-0.1, -0.05) is 239 Å². The van der Waals surface area contributed by atoms with E-state index in [1.165, 1.54) is 180 Å². The molecule has 0 bridgehead atoms. The molecule has 0 aromatic heterocycles. The number of carbonyl (C=O) groups excluding carboxylic acids is 3. The normalized spacial score (nSPS) is 11.8. The van der Waals surface area contributed by atoms with Gasteiger partial charge in [0, 0.05) is 19.3 Å². The molecule has 0 aliphatic heterocycles. The number of esters is 3. The van der Waals surface area contributed by atoms with Crippen LogP contribution in [0.25, 0.3) is 0 Å². The maximum atomic E-state index is 12.7. The molecule has 0 rings (SSSR count). The summed E-state index contributed by atoms with van der Waals surface area (Å²) in [5.41, 5.74) is 0. The minimum Gasteiger partial charge on any atom is -0.462 e. The molecule has 0 radical (unpaired) electrons. The molecule has 0 aromatic carbocycles. The highest BCUT2D eigenvalue weighted by Crippen LogP contribution is 2.16.